The van der Waals surface area contributed by atoms with Gasteiger partial charge in [-0.25, -0.2) is 4.39 Å². The summed E-state index contributed by atoms with van der Waals surface area (Å²) in [5.41, 5.74) is 1.53. The van der Waals surface area contributed by atoms with Crippen molar-refractivity contribution in [2.24, 2.45) is 0 Å². The molecule has 0 aliphatic heterocycles. The molecule has 21 heavy (non-hydrogen) atoms. The highest BCUT2D eigenvalue weighted by Crippen LogP contribution is 2.24. The van der Waals surface area contributed by atoms with Crippen LogP contribution >= 0.6 is 27.5 Å². The molecule has 0 amide bonds. The Morgan fingerprint density at radius 1 is 1.24 bits per heavy atom. The van der Waals surface area contributed by atoms with Crippen LogP contribution in [0.4, 0.5) is 10.1 Å². The highest BCUT2D eigenvalue weighted by molar-refractivity contribution is 9.10. The summed E-state index contributed by atoms with van der Waals surface area (Å²) in [4.78, 5) is 12.7. The van der Waals surface area contributed by atoms with E-state index >= 15 is 0 Å². The standard InChI is InChI=1S/C15H12BrClFNO2/c16-14-7-12(18)4-1-10(14)8-19(9-15(20)21)13-5-2-11(17)3-6-13/h1-7H,8-9H2,(H,20,21). The summed E-state index contributed by atoms with van der Waals surface area (Å²) in [5.74, 6) is -1.29. The Morgan fingerprint density at radius 3 is 2.48 bits per heavy atom. The van der Waals surface area contributed by atoms with Crippen LogP contribution in [-0.2, 0) is 11.3 Å². The molecule has 0 heterocycles. The van der Waals surface area contributed by atoms with Crippen LogP contribution in [0.15, 0.2) is 46.9 Å². The Hall–Kier alpha value is -1.59. The summed E-state index contributed by atoms with van der Waals surface area (Å²) in [6, 6.07) is 11.2. The minimum absolute atomic E-state index is 0.161. The molecule has 0 saturated carbocycles. The van der Waals surface area contributed by atoms with Crippen molar-refractivity contribution in [1.82, 2.24) is 0 Å². The molecule has 2 aromatic carbocycles. The average Bonchev–Trinajstić information content (AvgIpc) is 2.41. The van der Waals surface area contributed by atoms with Crippen LogP contribution in [0.5, 0.6) is 0 Å². The molecule has 3 nitrogen and oxygen atoms in total. The van der Waals surface area contributed by atoms with Crippen molar-refractivity contribution >= 4 is 39.2 Å². The third-order valence-corrected chi connectivity index (χ3v) is 3.88. The predicted octanol–water partition coefficient (Wildman–Crippen LogP) is 4.33. The van der Waals surface area contributed by atoms with E-state index in [1.54, 1.807) is 35.2 Å². The highest BCUT2D eigenvalue weighted by atomic mass is 79.9. The quantitative estimate of drug-likeness (QED) is 0.849. The fourth-order valence-electron chi connectivity index (χ4n) is 1.91. The maximum absolute atomic E-state index is 13.1. The summed E-state index contributed by atoms with van der Waals surface area (Å²) < 4.78 is 13.7. The number of aliphatic carboxylic acids is 1. The molecule has 0 aromatic heterocycles. The van der Waals surface area contributed by atoms with E-state index in [2.05, 4.69) is 15.9 Å². The maximum atomic E-state index is 13.1. The predicted molar refractivity (Wildman–Crippen MR) is 84.2 cm³/mol. The van der Waals surface area contributed by atoms with Gasteiger partial charge < -0.3 is 10.0 Å². The van der Waals surface area contributed by atoms with E-state index in [4.69, 9.17) is 16.7 Å². The van der Waals surface area contributed by atoms with Crippen molar-refractivity contribution in [3.05, 3.63) is 63.3 Å². The number of hydrogen-bond acceptors (Lipinski definition) is 2. The number of nitrogens with zero attached hydrogens (tertiary/aromatic N) is 1. The van der Waals surface area contributed by atoms with Crippen molar-refractivity contribution in [2.45, 2.75) is 6.54 Å². The first kappa shape index (κ1) is 15.8. The third kappa shape index (κ3) is 4.44. The first-order valence-electron chi connectivity index (χ1n) is 6.12. The van der Waals surface area contributed by atoms with E-state index in [0.717, 1.165) is 11.3 Å². The number of hydrogen-bond donors (Lipinski definition) is 1. The molecule has 0 aliphatic rings. The van der Waals surface area contributed by atoms with Gasteiger partial charge in [0.25, 0.3) is 0 Å². The fourth-order valence-corrected chi connectivity index (χ4v) is 2.51. The van der Waals surface area contributed by atoms with E-state index in [-0.39, 0.29) is 12.4 Å². The second kappa shape index (κ2) is 6.91. The van der Waals surface area contributed by atoms with E-state index < -0.39 is 5.97 Å². The van der Waals surface area contributed by atoms with Gasteiger partial charge in [-0.3, -0.25) is 4.79 Å². The van der Waals surface area contributed by atoms with Gasteiger partial charge in [0.1, 0.15) is 12.4 Å². The van der Waals surface area contributed by atoms with Crippen LogP contribution in [0.3, 0.4) is 0 Å². The monoisotopic (exact) mass is 371 g/mol. The number of carbonyl (C=O) groups is 1. The number of halogens is 3. The summed E-state index contributed by atoms with van der Waals surface area (Å²) in [7, 11) is 0. The number of rotatable bonds is 5. The Labute approximate surface area is 135 Å². The highest BCUT2D eigenvalue weighted by Gasteiger charge is 2.13. The zero-order valence-electron chi connectivity index (χ0n) is 10.9. The van der Waals surface area contributed by atoms with Gasteiger partial charge >= 0.3 is 5.97 Å². The third-order valence-electron chi connectivity index (χ3n) is 2.89. The van der Waals surface area contributed by atoms with Crippen molar-refractivity contribution in [2.75, 3.05) is 11.4 Å². The molecule has 0 aliphatic carbocycles. The second-order valence-corrected chi connectivity index (χ2v) is 5.75. The summed E-state index contributed by atoms with van der Waals surface area (Å²) >= 11 is 9.13. The maximum Gasteiger partial charge on any atom is 0.323 e. The van der Waals surface area contributed by atoms with Crippen LogP contribution in [-0.4, -0.2) is 17.6 Å². The molecule has 0 radical (unpaired) electrons. The summed E-state index contributed by atoms with van der Waals surface area (Å²) in [6.45, 7) is 0.181. The van der Waals surface area contributed by atoms with Gasteiger partial charge in [0, 0.05) is 21.7 Å². The molecule has 0 fully saturated rings. The molecule has 2 aromatic rings. The lowest BCUT2D eigenvalue weighted by atomic mass is 10.2. The zero-order chi connectivity index (χ0) is 15.4. The summed E-state index contributed by atoms with van der Waals surface area (Å²) in [5, 5.41) is 9.63. The number of anilines is 1. The molecular weight excluding hydrogens is 361 g/mol. The van der Waals surface area contributed by atoms with E-state index in [1.807, 2.05) is 0 Å². The Kier molecular flexibility index (Phi) is 5.20. The minimum atomic E-state index is -0.941. The Balaban J connectivity index is 2.27. The molecule has 2 rings (SSSR count). The number of carboxylic acid groups (broad SMARTS) is 1. The average molecular weight is 373 g/mol. The van der Waals surface area contributed by atoms with Gasteiger partial charge in [0.15, 0.2) is 0 Å². The van der Waals surface area contributed by atoms with Gasteiger partial charge in [-0.15, -0.1) is 0 Å². The van der Waals surface area contributed by atoms with E-state index in [1.165, 1.54) is 12.1 Å². The van der Waals surface area contributed by atoms with Gasteiger partial charge in [-0.2, -0.15) is 0 Å². The normalized spacial score (nSPS) is 10.4. The van der Waals surface area contributed by atoms with Crippen molar-refractivity contribution in [3.8, 4) is 0 Å². The number of carboxylic acids is 1. The summed E-state index contributed by atoms with van der Waals surface area (Å²) in [6.07, 6.45) is 0. The van der Waals surface area contributed by atoms with Gasteiger partial charge in [0.05, 0.1) is 0 Å². The molecule has 0 saturated heterocycles. The van der Waals surface area contributed by atoms with Crippen LogP contribution < -0.4 is 4.90 Å². The Morgan fingerprint density at radius 2 is 1.90 bits per heavy atom. The minimum Gasteiger partial charge on any atom is -0.480 e. The van der Waals surface area contributed by atoms with Gasteiger partial charge in [-0.1, -0.05) is 33.6 Å². The molecule has 0 spiro atoms. The smallest absolute Gasteiger partial charge is 0.323 e. The molecular formula is C15H12BrClFNO2. The molecule has 0 atom stereocenters. The van der Waals surface area contributed by atoms with Crippen molar-refractivity contribution in [3.63, 3.8) is 0 Å². The fraction of sp³-hybridized carbons (Fsp3) is 0.133. The zero-order valence-corrected chi connectivity index (χ0v) is 13.2. The molecule has 1 N–H and O–H groups in total. The lowest BCUT2D eigenvalue weighted by Crippen LogP contribution is -2.29. The molecule has 110 valence electrons. The molecule has 0 unspecified atom stereocenters. The second-order valence-electron chi connectivity index (χ2n) is 4.46. The first-order valence-corrected chi connectivity index (χ1v) is 7.29. The number of benzene rings is 2. The van der Waals surface area contributed by atoms with Crippen molar-refractivity contribution in [1.29, 1.82) is 0 Å². The van der Waals surface area contributed by atoms with Crippen LogP contribution in [0, 0.1) is 5.82 Å². The lowest BCUT2D eigenvalue weighted by molar-refractivity contribution is -0.135. The van der Waals surface area contributed by atoms with Crippen LogP contribution in [0.25, 0.3) is 0 Å². The van der Waals surface area contributed by atoms with E-state index in [9.17, 15) is 9.18 Å². The molecule has 0 bridgehead atoms. The lowest BCUT2D eigenvalue weighted by Gasteiger charge is -2.23. The first-order chi connectivity index (χ1) is 9.95. The van der Waals surface area contributed by atoms with Gasteiger partial charge in [0.2, 0.25) is 0 Å². The van der Waals surface area contributed by atoms with Crippen LogP contribution in [0.2, 0.25) is 5.02 Å². The topological polar surface area (TPSA) is 40.5 Å². The Bertz CT molecular complexity index is 649. The SMILES string of the molecule is O=C(O)CN(Cc1ccc(F)cc1Br)c1ccc(Cl)cc1. The van der Waals surface area contributed by atoms with Crippen LogP contribution in [0.1, 0.15) is 5.56 Å². The molecule has 6 heteroatoms. The van der Waals surface area contributed by atoms with Crippen molar-refractivity contribution < 1.29 is 14.3 Å². The van der Waals surface area contributed by atoms with E-state index in [0.29, 0.717) is 16.0 Å². The van der Waals surface area contributed by atoms with Gasteiger partial charge in [-0.05, 0) is 42.0 Å². The largest absolute Gasteiger partial charge is 0.480 e.